The predicted molar refractivity (Wildman–Crippen MR) is 53.4 cm³/mol. The molecule has 78 valence electrons. The van der Waals surface area contributed by atoms with Crippen LogP contribution >= 0.6 is 0 Å². The summed E-state index contributed by atoms with van der Waals surface area (Å²) in [7, 11) is 1.33. The second-order valence-corrected chi connectivity index (χ2v) is 3.41. The first kappa shape index (κ1) is 11.0. The van der Waals surface area contributed by atoms with Crippen molar-refractivity contribution >= 4 is 5.97 Å². The maximum atomic E-state index is 10.7. The second kappa shape index (κ2) is 5.63. The molecule has 14 heavy (non-hydrogen) atoms. The Kier molecular flexibility index (Phi) is 4.44. The Labute approximate surface area is 84.4 Å². The van der Waals surface area contributed by atoms with Gasteiger partial charge in [-0.15, -0.1) is 0 Å². The third kappa shape index (κ3) is 3.77. The molecule has 1 fully saturated rings. The highest BCUT2D eigenvalue weighted by Gasteiger charge is 2.14. The molecule has 0 aromatic heterocycles. The molecule has 0 aromatic carbocycles. The van der Waals surface area contributed by atoms with Gasteiger partial charge in [0.2, 0.25) is 0 Å². The normalized spacial score (nSPS) is 18.4. The predicted octanol–water partition coefficient (Wildman–Crippen LogP) is -0.414. The quantitative estimate of drug-likeness (QED) is 0.352. The number of likely N-dealkylation sites (tertiary alicyclic amines) is 1. The lowest BCUT2D eigenvalue weighted by Gasteiger charge is -2.28. The van der Waals surface area contributed by atoms with Crippen molar-refractivity contribution in [3.8, 4) is 11.8 Å². The molecule has 0 aromatic rings. The van der Waals surface area contributed by atoms with Gasteiger partial charge in [-0.1, -0.05) is 5.92 Å². The van der Waals surface area contributed by atoms with E-state index < -0.39 is 5.97 Å². The molecule has 1 saturated heterocycles. The van der Waals surface area contributed by atoms with Crippen molar-refractivity contribution < 1.29 is 9.53 Å². The number of carbonyl (C=O) groups excluding carboxylic acids is 1. The third-order valence-corrected chi connectivity index (χ3v) is 2.31. The minimum Gasteiger partial charge on any atom is -0.459 e. The van der Waals surface area contributed by atoms with Gasteiger partial charge >= 0.3 is 5.97 Å². The molecule has 1 aliphatic heterocycles. The number of hydrogen-bond acceptors (Lipinski definition) is 4. The molecule has 0 bridgehead atoms. The summed E-state index contributed by atoms with van der Waals surface area (Å²) in [5.74, 6) is 4.71. The van der Waals surface area contributed by atoms with E-state index in [0.29, 0.717) is 12.6 Å². The van der Waals surface area contributed by atoms with Gasteiger partial charge in [0.15, 0.2) is 0 Å². The lowest BCUT2D eigenvalue weighted by atomic mass is 10.1. The van der Waals surface area contributed by atoms with Gasteiger partial charge in [-0.2, -0.15) is 0 Å². The summed E-state index contributed by atoms with van der Waals surface area (Å²) < 4.78 is 4.41. The summed E-state index contributed by atoms with van der Waals surface area (Å²) in [5, 5.41) is 0. The highest BCUT2D eigenvalue weighted by Crippen LogP contribution is 2.06. The third-order valence-electron chi connectivity index (χ3n) is 2.31. The zero-order valence-corrected chi connectivity index (χ0v) is 8.45. The summed E-state index contributed by atoms with van der Waals surface area (Å²) in [5.41, 5.74) is 5.76. The van der Waals surface area contributed by atoms with E-state index >= 15 is 0 Å². The van der Waals surface area contributed by atoms with Crippen molar-refractivity contribution in [1.82, 2.24) is 4.90 Å². The smallest absolute Gasteiger partial charge is 0.384 e. The minimum atomic E-state index is -0.473. The molecular weight excluding hydrogens is 180 g/mol. The van der Waals surface area contributed by atoms with Crippen LogP contribution in [0.3, 0.4) is 0 Å². The molecule has 0 spiro atoms. The maximum absolute atomic E-state index is 10.7. The van der Waals surface area contributed by atoms with E-state index in [0.717, 1.165) is 25.9 Å². The monoisotopic (exact) mass is 196 g/mol. The van der Waals surface area contributed by atoms with Crippen LogP contribution in [0.15, 0.2) is 0 Å². The van der Waals surface area contributed by atoms with Gasteiger partial charge in [0.25, 0.3) is 0 Å². The van der Waals surface area contributed by atoms with Crippen LogP contribution in [0.4, 0.5) is 0 Å². The molecule has 1 rings (SSSR count). The topological polar surface area (TPSA) is 55.6 Å². The Bertz CT molecular complexity index is 247. The van der Waals surface area contributed by atoms with Crippen LogP contribution in [-0.4, -0.2) is 43.7 Å². The van der Waals surface area contributed by atoms with Crippen molar-refractivity contribution in [1.29, 1.82) is 0 Å². The number of ether oxygens (including phenoxy) is 1. The van der Waals surface area contributed by atoms with E-state index in [1.165, 1.54) is 7.11 Å². The fourth-order valence-electron chi connectivity index (χ4n) is 1.39. The average Bonchev–Trinajstić information content (AvgIpc) is 2.21. The summed E-state index contributed by atoms with van der Waals surface area (Å²) in [4.78, 5) is 12.9. The number of methoxy groups -OCH3 is 1. The standard InChI is InChI=1S/C10H16N2O2/c1-14-10(13)3-2-6-12-7-4-9(11)5-8-12/h9H,4-8,11H2,1H3. The maximum Gasteiger partial charge on any atom is 0.384 e. The van der Waals surface area contributed by atoms with Crippen molar-refractivity contribution in [2.24, 2.45) is 5.73 Å². The number of carbonyl (C=O) groups is 1. The molecule has 0 radical (unpaired) electrons. The van der Waals surface area contributed by atoms with E-state index in [9.17, 15) is 4.79 Å². The molecule has 1 aliphatic rings. The fourth-order valence-corrected chi connectivity index (χ4v) is 1.39. The Morgan fingerprint density at radius 1 is 1.57 bits per heavy atom. The van der Waals surface area contributed by atoms with Crippen molar-refractivity contribution in [2.45, 2.75) is 18.9 Å². The van der Waals surface area contributed by atoms with E-state index in [4.69, 9.17) is 5.73 Å². The Morgan fingerprint density at radius 3 is 2.79 bits per heavy atom. The summed E-state index contributed by atoms with van der Waals surface area (Å²) >= 11 is 0. The highest BCUT2D eigenvalue weighted by molar-refractivity contribution is 5.88. The van der Waals surface area contributed by atoms with E-state index in [1.807, 2.05) is 0 Å². The Morgan fingerprint density at radius 2 is 2.21 bits per heavy atom. The van der Waals surface area contributed by atoms with Crippen LogP contribution in [0.25, 0.3) is 0 Å². The summed E-state index contributed by atoms with van der Waals surface area (Å²) in [6.07, 6.45) is 2.03. The van der Waals surface area contributed by atoms with E-state index in [-0.39, 0.29) is 0 Å². The fraction of sp³-hybridized carbons (Fsp3) is 0.700. The van der Waals surface area contributed by atoms with Crippen LogP contribution in [0.2, 0.25) is 0 Å². The number of esters is 1. The molecule has 0 atom stereocenters. The van der Waals surface area contributed by atoms with Crippen LogP contribution in [0.5, 0.6) is 0 Å². The lowest BCUT2D eigenvalue weighted by molar-refractivity contribution is -0.133. The van der Waals surface area contributed by atoms with Gasteiger partial charge < -0.3 is 10.5 Å². The number of nitrogens with zero attached hydrogens (tertiary/aromatic N) is 1. The largest absolute Gasteiger partial charge is 0.459 e. The SMILES string of the molecule is COC(=O)C#CCN1CCC(N)CC1. The molecule has 0 saturated carbocycles. The van der Waals surface area contributed by atoms with Gasteiger partial charge in [0, 0.05) is 25.1 Å². The van der Waals surface area contributed by atoms with Gasteiger partial charge in [-0.3, -0.25) is 4.90 Å². The zero-order chi connectivity index (χ0) is 10.4. The van der Waals surface area contributed by atoms with Gasteiger partial charge in [0.05, 0.1) is 13.7 Å². The second-order valence-electron chi connectivity index (χ2n) is 3.41. The Hall–Kier alpha value is -1.05. The molecular formula is C10H16N2O2. The van der Waals surface area contributed by atoms with Crippen LogP contribution in [0, 0.1) is 11.8 Å². The molecule has 0 amide bonds. The number of rotatable bonds is 1. The number of piperidine rings is 1. The summed E-state index contributed by atoms with van der Waals surface area (Å²) in [6.45, 7) is 2.57. The first-order valence-corrected chi connectivity index (χ1v) is 4.77. The first-order valence-electron chi connectivity index (χ1n) is 4.77. The van der Waals surface area contributed by atoms with Crippen molar-refractivity contribution in [3.05, 3.63) is 0 Å². The number of hydrogen-bond donors (Lipinski definition) is 1. The molecule has 1 heterocycles. The van der Waals surface area contributed by atoms with E-state index in [1.54, 1.807) is 0 Å². The summed E-state index contributed by atoms with van der Waals surface area (Å²) in [6, 6.07) is 0.333. The minimum absolute atomic E-state index is 0.333. The molecule has 2 N–H and O–H groups in total. The van der Waals surface area contributed by atoms with Crippen molar-refractivity contribution in [3.63, 3.8) is 0 Å². The molecule has 4 heteroatoms. The lowest BCUT2D eigenvalue weighted by Crippen LogP contribution is -2.39. The molecule has 0 aliphatic carbocycles. The average molecular weight is 196 g/mol. The Balaban J connectivity index is 2.24. The van der Waals surface area contributed by atoms with Gasteiger partial charge in [-0.25, -0.2) is 4.79 Å². The van der Waals surface area contributed by atoms with Crippen LogP contribution in [0.1, 0.15) is 12.8 Å². The first-order chi connectivity index (χ1) is 6.72. The van der Waals surface area contributed by atoms with Crippen LogP contribution in [-0.2, 0) is 9.53 Å². The zero-order valence-electron chi connectivity index (χ0n) is 8.45. The van der Waals surface area contributed by atoms with E-state index in [2.05, 4.69) is 21.5 Å². The van der Waals surface area contributed by atoms with Crippen molar-refractivity contribution in [2.75, 3.05) is 26.7 Å². The molecule has 0 unspecified atom stereocenters. The highest BCUT2D eigenvalue weighted by atomic mass is 16.5. The van der Waals surface area contributed by atoms with Gasteiger partial charge in [-0.05, 0) is 12.8 Å². The number of nitrogens with two attached hydrogens (primary N) is 1. The van der Waals surface area contributed by atoms with Crippen LogP contribution < -0.4 is 5.73 Å². The van der Waals surface area contributed by atoms with Gasteiger partial charge in [0.1, 0.15) is 0 Å². The molecule has 4 nitrogen and oxygen atoms in total.